The lowest BCUT2D eigenvalue weighted by molar-refractivity contribution is 0.0398. The van der Waals surface area contributed by atoms with Crippen LogP contribution in [0.1, 0.15) is 0 Å². The van der Waals surface area contributed by atoms with Crippen molar-refractivity contribution in [3.63, 3.8) is 0 Å². The van der Waals surface area contributed by atoms with Crippen molar-refractivity contribution >= 4 is 26.8 Å². The summed E-state index contributed by atoms with van der Waals surface area (Å²) >= 11 is 3.53. The highest BCUT2D eigenvalue weighted by Crippen LogP contribution is 2.31. The van der Waals surface area contributed by atoms with Crippen molar-refractivity contribution in [2.24, 2.45) is 7.05 Å². The Morgan fingerprint density at radius 1 is 1.35 bits per heavy atom. The van der Waals surface area contributed by atoms with E-state index in [4.69, 9.17) is 4.74 Å². The molecule has 0 saturated carbocycles. The number of likely N-dealkylation sites (N-methyl/N-ethyl adjacent to an activating group) is 1. The smallest absolute Gasteiger partial charge is 0.148 e. The second kappa shape index (κ2) is 3.99. The maximum atomic E-state index is 5.96. The Hall–Kier alpha value is -1.07. The van der Waals surface area contributed by atoms with E-state index in [0.29, 0.717) is 6.10 Å². The van der Waals surface area contributed by atoms with Crippen LogP contribution in [-0.2, 0) is 7.05 Å². The van der Waals surface area contributed by atoms with E-state index in [-0.39, 0.29) is 0 Å². The van der Waals surface area contributed by atoms with Gasteiger partial charge in [0.05, 0.1) is 0 Å². The molecule has 0 bridgehead atoms. The fourth-order valence-corrected chi connectivity index (χ4v) is 2.58. The van der Waals surface area contributed by atoms with Crippen LogP contribution >= 0.6 is 15.9 Å². The van der Waals surface area contributed by atoms with E-state index in [1.807, 2.05) is 30.1 Å². The summed E-state index contributed by atoms with van der Waals surface area (Å²) < 4.78 is 8.83. The zero-order valence-corrected chi connectivity index (χ0v) is 11.4. The first-order valence-corrected chi connectivity index (χ1v) is 6.40. The third-order valence-corrected chi connectivity index (χ3v) is 3.72. The number of ether oxygens (including phenoxy) is 1. The van der Waals surface area contributed by atoms with Gasteiger partial charge in [-0.1, -0.05) is 15.9 Å². The molecule has 1 aliphatic rings. The van der Waals surface area contributed by atoms with E-state index in [0.717, 1.165) is 34.2 Å². The zero-order valence-electron chi connectivity index (χ0n) is 9.85. The van der Waals surface area contributed by atoms with Gasteiger partial charge in [0.1, 0.15) is 17.4 Å². The number of halogens is 1. The Balaban J connectivity index is 1.96. The molecule has 1 saturated heterocycles. The largest absolute Gasteiger partial charge is 0.485 e. The van der Waals surface area contributed by atoms with Gasteiger partial charge in [0.2, 0.25) is 0 Å². The molecule has 0 unspecified atom stereocenters. The maximum absolute atomic E-state index is 5.96. The Labute approximate surface area is 108 Å². The van der Waals surface area contributed by atoms with E-state index in [1.54, 1.807) is 0 Å². The predicted molar refractivity (Wildman–Crippen MR) is 70.3 cm³/mol. The number of hydrogen-bond acceptors (Lipinski definition) is 3. The molecule has 0 atom stereocenters. The molecule has 90 valence electrons. The minimum atomic E-state index is 0.298. The molecule has 1 fully saturated rings. The highest BCUT2D eigenvalue weighted by molar-refractivity contribution is 9.10. The predicted octanol–water partition coefficient (Wildman–Crippen LogP) is 2.03. The van der Waals surface area contributed by atoms with Gasteiger partial charge in [-0.15, -0.1) is 0 Å². The summed E-state index contributed by atoms with van der Waals surface area (Å²) in [6.45, 7) is 1.98. The van der Waals surface area contributed by atoms with Crippen molar-refractivity contribution in [2.45, 2.75) is 6.10 Å². The van der Waals surface area contributed by atoms with Gasteiger partial charge in [0, 0.05) is 36.2 Å². The highest BCUT2D eigenvalue weighted by atomic mass is 79.9. The van der Waals surface area contributed by atoms with Crippen molar-refractivity contribution < 1.29 is 4.74 Å². The summed E-state index contributed by atoms with van der Waals surface area (Å²) in [5.41, 5.74) is 0.927. The lowest BCUT2D eigenvalue weighted by Crippen LogP contribution is -2.51. The number of benzene rings is 1. The quantitative estimate of drug-likeness (QED) is 0.849. The molecule has 5 heteroatoms. The lowest BCUT2D eigenvalue weighted by Gasteiger charge is -2.36. The van der Waals surface area contributed by atoms with Crippen LogP contribution in [-0.4, -0.2) is 40.9 Å². The third-order valence-electron chi connectivity index (χ3n) is 3.02. The van der Waals surface area contributed by atoms with Crippen LogP contribution in [0.4, 0.5) is 0 Å². The molecule has 0 amide bonds. The van der Waals surface area contributed by atoms with Gasteiger partial charge < -0.3 is 4.74 Å². The summed E-state index contributed by atoms with van der Waals surface area (Å²) in [7, 11) is 4.02. The molecule has 0 radical (unpaired) electrons. The zero-order chi connectivity index (χ0) is 12.0. The number of aromatic nitrogens is 2. The molecule has 0 spiro atoms. The molecular weight excluding hydrogens is 282 g/mol. The topological polar surface area (TPSA) is 30.3 Å². The van der Waals surface area contributed by atoms with E-state index in [9.17, 15) is 0 Å². The monoisotopic (exact) mass is 295 g/mol. The number of fused-ring (bicyclic) bond motifs is 1. The standard InChI is InChI=1S/C12H14BrN3O/c1-15-5-8(6-15)17-11-4-3-10(13)9-7-16(2)14-12(9)11/h3-4,7-8H,5-6H2,1-2H3. The molecule has 0 aliphatic carbocycles. The first-order valence-electron chi connectivity index (χ1n) is 5.60. The normalized spacial score (nSPS) is 17.4. The Kier molecular flexibility index (Phi) is 2.60. The Morgan fingerprint density at radius 2 is 2.12 bits per heavy atom. The van der Waals surface area contributed by atoms with E-state index >= 15 is 0 Å². The molecule has 0 N–H and O–H groups in total. The van der Waals surface area contributed by atoms with Gasteiger partial charge in [0.25, 0.3) is 0 Å². The van der Waals surface area contributed by atoms with Crippen molar-refractivity contribution in [1.82, 2.24) is 14.7 Å². The summed E-state index contributed by atoms with van der Waals surface area (Å²) in [4.78, 5) is 2.24. The molecule has 4 nitrogen and oxygen atoms in total. The van der Waals surface area contributed by atoms with Gasteiger partial charge in [-0.3, -0.25) is 9.58 Å². The third kappa shape index (κ3) is 1.93. The summed E-state index contributed by atoms with van der Waals surface area (Å²) in [5.74, 6) is 0.877. The number of likely N-dealkylation sites (tertiary alicyclic amines) is 1. The van der Waals surface area contributed by atoms with Crippen LogP contribution in [0, 0.1) is 0 Å². The van der Waals surface area contributed by atoms with Crippen molar-refractivity contribution in [1.29, 1.82) is 0 Å². The number of aryl methyl sites for hydroxylation is 1. The van der Waals surface area contributed by atoms with Crippen LogP contribution in [0.2, 0.25) is 0 Å². The molecule has 2 aromatic rings. The van der Waals surface area contributed by atoms with Crippen LogP contribution in [0.3, 0.4) is 0 Å². The Bertz CT molecular complexity index is 560. The fourth-order valence-electron chi connectivity index (χ4n) is 2.15. The van der Waals surface area contributed by atoms with Crippen molar-refractivity contribution in [2.75, 3.05) is 20.1 Å². The summed E-state index contributed by atoms with van der Waals surface area (Å²) in [6.07, 6.45) is 2.30. The van der Waals surface area contributed by atoms with Gasteiger partial charge in [-0.25, -0.2) is 0 Å². The van der Waals surface area contributed by atoms with Crippen LogP contribution < -0.4 is 4.74 Å². The van der Waals surface area contributed by atoms with Crippen LogP contribution in [0.5, 0.6) is 5.75 Å². The average molecular weight is 296 g/mol. The minimum absolute atomic E-state index is 0.298. The summed E-state index contributed by atoms with van der Waals surface area (Å²) in [5, 5.41) is 5.55. The second-order valence-electron chi connectivity index (χ2n) is 4.57. The molecule has 3 rings (SSSR count). The maximum Gasteiger partial charge on any atom is 0.148 e. The van der Waals surface area contributed by atoms with Crippen molar-refractivity contribution in [3.8, 4) is 5.75 Å². The average Bonchev–Trinajstić information content (AvgIpc) is 2.62. The van der Waals surface area contributed by atoms with Gasteiger partial charge in [0.15, 0.2) is 0 Å². The van der Waals surface area contributed by atoms with Crippen molar-refractivity contribution in [3.05, 3.63) is 22.8 Å². The molecule has 2 heterocycles. The SMILES string of the molecule is CN1CC(Oc2ccc(Br)c3cn(C)nc23)C1. The van der Waals surface area contributed by atoms with Gasteiger partial charge in [-0.05, 0) is 19.2 Å². The van der Waals surface area contributed by atoms with E-state index in [1.165, 1.54) is 0 Å². The number of hydrogen-bond donors (Lipinski definition) is 0. The first kappa shape index (κ1) is 11.0. The van der Waals surface area contributed by atoms with E-state index < -0.39 is 0 Å². The van der Waals surface area contributed by atoms with E-state index in [2.05, 4.69) is 33.0 Å². The minimum Gasteiger partial charge on any atom is -0.485 e. The first-order chi connectivity index (χ1) is 8.13. The fraction of sp³-hybridized carbons (Fsp3) is 0.417. The molecule has 17 heavy (non-hydrogen) atoms. The molecule has 1 aromatic heterocycles. The summed E-state index contributed by atoms with van der Waals surface area (Å²) in [6, 6.07) is 4.00. The Morgan fingerprint density at radius 3 is 2.82 bits per heavy atom. The molecule has 1 aliphatic heterocycles. The second-order valence-corrected chi connectivity index (χ2v) is 5.43. The highest BCUT2D eigenvalue weighted by Gasteiger charge is 2.25. The number of rotatable bonds is 2. The van der Waals surface area contributed by atoms with Gasteiger partial charge >= 0.3 is 0 Å². The molecular formula is C12H14BrN3O. The molecule has 1 aromatic carbocycles. The number of nitrogens with zero attached hydrogens (tertiary/aromatic N) is 3. The van der Waals surface area contributed by atoms with Crippen LogP contribution in [0.15, 0.2) is 22.8 Å². The lowest BCUT2D eigenvalue weighted by atomic mass is 10.2. The van der Waals surface area contributed by atoms with Gasteiger partial charge in [-0.2, -0.15) is 5.10 Å². The van der Waals surface area contributed by atoms with Crippen LogP contribution in [0.25, 0.3) is 10.9 Å².